The minimum absolute atomic E-state index is 0.355. The second kappa shape index (κ2) is 6.89. The van der Waals surface area contributed by atoms with Crippen LogP contribution in [0.2, 0.25) is 10.0 Å². The first kappa shape index (κ1) is 15.6. The number of anilines is 2. The number of rotatable bonds is 2. The zero-order valence-electron chi connectivity index (χ0n) is 12.1. The molecule has 0 saturated carbocycles. The lowest BCUT2D eigenvalue weighted by atomic mass is 10.3. The maximum Gasteiger partial charge on any atom is 0.326 e. The van der Waals surface area contributed by atoms with Crippen LogP contribution in [0.15, 0.2) is 53.5 Å². The van der Waals surface area contributed by atoms with Crippen molar-refractivity contribution in [2.24, 2.45) is 4.99 Å². The van der Waals surface area contributed by atoms with Gasteiger partial charge in [-0.15, -0.1) is 0 Å². The van der Waals surface area contributed by atoms with Crippen molar-refractivity contribution in [2.75, 3.05) is 23.3 Å². The highest BCUT2D eigenvalue weighted by atomic mass is 35.5. The summed E-state index contributed by atoms with van der Waals surface area (Å²) in [6.45, 7) is 1.33. The predicted molar refractivity (Wildman–Crippen MR) is 94.7 cm³/mol. The van der Waals surface area contributed by atoms with Crippen LogP contribution in [0.1, 0.15) is 0 Å². The summed E-state index contributed by atoms with van der Waals surface area (Å²) in [6, 6.07) is 13.9. The normalized spacial score (nSPS) is 13.7. The number of halogens is 2. The molecule has 118 valence electrons. The summed E-state index contributed by atoms with van der Waals surface area (Å²) < 4.78 is 0. The molecular formula is C16H14Cl2N4O. The minimum Gasteiger partial charge on any atom is -0.310 e. The van der Waals surface area contributed by atoms with E-state index in [4.69, 9.17) is 23.2 Å². The molecular weight excluding hydrogens is 335 g/mol. The molecule has 2 N–H and O–H groups in total. The highest BCUT2D eigenvalue weighted by Crippen LogP contribution is 2.20. The van der Waals surface area contributed by atoms with Crippen LogP contribution in [0.5, 0.6) is 0 Å². The summed E-state index contributed by atoms with van der Waals surface area (Å²) >= 11 is 11.7. The number of carbonyl (C=O) groups is 1. The number of nitrogens with one attached hydrogen (secondary N) is 2. The van der Waals surface area contributed by atoms with E-state index in [9.17, 15) is 4.79 Å². The molecule has 5 nitrogen and oxygen atoms in total. The summed E-state index contributed by atoms with van der Waals surface area (Å²) in [5, 5.41) is 6.79. The Morgan fingerprint density at radius 1 is 0.957 bits per heavy atom. The fraction of sp³-hybridized carbons (Fsp3) is 0.125. The van der Waals surface area contributed by atoms with Gasteiger partial charge in [0.15, 0.2) is 0 Å². The number of urea groups is 1. The number of amides is 2. The van der Waals surface area contributed by atoms with Crippen LogP contribution in [0.25, 0.3) is 0 Å². The van der Waals surface area contributed by atoms with E-state index in [0.717, 1.165) is 5.69 Å². The van der Waals surface area contributed by atoms with Crippen molar-refractivity contribution in [1.82, 2.24) is 5.32 Å². The maximum atomic E-state index is 12.1. The lowest BCUT2D eigenvalue weighted by molar-refractivity contribution is 0.256. The minimum atomic E-state index is -0.355. The Balaban J connectivity index is 1.65. The molecule has 0 spiro atoms. The molecule has 23 heavy (non-hydrogen) atoms. The molecule has 1 heterocycles. The Morgan fingerprint density at radius 2 is 1.57 bits per heavy atom. The van der Waals surface area contributed by atoms with E-state index in [1.165, 1.54) is 0 Å². The molecule has 0 aliphatic carbocycles. The smallest absolute Gasteiger partial charge is 0.310 e. The first-order chi connectivity index (χ1) is 11.1. The number of nitrogens with zero attached hydrogens (tertiary/aromatic N) is 2. The van der Waals surface area contributed by atoms with Gasteiger partial charge in [0.05, 0.1) is 6.54 Å². The summed E-state index contributed by atoms with van der Waals surface area (Å²) in [6.07, 6.45) is 0. The molecule has 1 aliphatic rings. The monoisotopic (exact) mass is 348 g/mol. The Bertz CT molecular complexity index is 729. The molecule has 0 unspecified atom stereocenters. The van der Waals surface area contributed by atoms with Gasteiger partial charge in [0.25, 0.3) is 0 Å². The topological polar surface area (TPSA) is 56.7 Å². The van der Waals surface area contributed by atoms with Crippen LogP contribution in [0, 0.1) is 0 Å². The molecule has 0 aromatic heterocycles. The van der Waals surface area contributed by atoms with Gasteiger partial charge < -0.3 is 10.2 Å². The molecule has 0 atom stereocenters. The van der Waals surface area contributed by atoms with Crippen molar-refractivity contribution in [3.63, 3.8) is 0 Å². The van der Waals surface area contributed by atoms with E-state index < -0.39 is 0 Å². The average Bonchev–Trinajstić information content (AvgIpc) is 2.98. The van der Waals surface area contributed by atoms with Crippen LogP contribution in [0.4, 0.5) is 16.2 Å². The van der Waals surface area contributed by atoms with E-state index in [2.05, 4.69) is 15.6 Å². The zero-order valence-corrected chi connectivity index (χ0v) is 13.6. The fourth-order valence-electron chi connectivity index (χ4n) is 2.22. The number of carbonyl (C=O) groups excluding carboxylic acids is 1. The quantitative estimate of drug-likeness (QED) is 0.861. The first-order valence-corrected chi connectivity index (χ1v) is 7.78. The van der Waals surface area contributed by atoms with Gasteiger partial charge >= 0.3 is 6.03 Å². The van der Waals surface area contributed by atoms with Crippen LogP contribution in [0.3, 0.4) is 0 Å². The number of aliphatic imine (C=N–C) groups is 1. The van der Waals surface area contributed by atoms with Gasteiger partial charge in [0, 0.05) is 28.0 Å². The fourth-order valence-corrected chi connectivity index (χ4v) is 2.48. The van der Waals surface area contributed by atoms with E-state index >= 15 is 0 Å². The van der Waals surface area contributed by atoms with Gasteiger partial charge in [-0.3, -0.25) is 10.3 Å². The van der Waals surface area contributed by atoms with Crippen LogP contribution in [-0.4, -0.2) is 25.1 Å². The van der Waals surface area contributed by atoms with E-state index in [1.807, 2.05) is 17.0 Å². The van der Waals surface area contributed by atoms with E-state index in [-0.39, 0.29) is 6.03 Å². The zero-order chi connectivity index (χ0) is 16.2. The largest absolute Gasteiger partial charge is 0.326 e. The lowest BCUT2D eigenvalue weighted by Gasteiger charge is -2.20. The van der Waals surface area contributed by atoms with Crippen molar-refractivity contribution >= 4 is 46.6 Å². The third-order valence-electron chi connectivity index (χ3n) is 3.31. The molecule has 2 aromatic rings. The standard InChI is InChI=1S/C16H14Cl2N4O/c17-11-1-5-13(6-2-11)20-16(23)21-15-19-9-10-22(15)14-7-3-12(18)4-8-14/h1-8H,9-10H2,(H2,19,20,21,23). The van der Waals surface area contributed by atoms with Gasteiger partial charge in [-0.1, -0.05) is 23.2 Å². The van der Waals surface area contributed by atoms with Crippen molar-refractivity contribution in [2.45, 2.75) is 0 Å². The Labute approximate surface area is 143 Å². The van der Waals surface area contributed by atoms with Crippen LogP contribution in [-0.2, 0) is 0 Å². The predicted octanol–water partition coefficient (Wildman–Crippen LogP) is 3.99. The summed E-state index contributed by atoms with van der Waals surface area (Å²) in [5.41, 5.74) is 1.58. The third kappa shape index (κ3) is 3.94. The Kier molecular flexibility index (Phi) is 4.69. The van der Waals surface area contributed by atoms with Gasteiger partial charge in [-0.2, -0.15) is 0 Å². The number of benzene rings is 2. The van der Waals surface area contributed by atoms with Crippen molar-refractivity contribution in [3.05, 3.63) is 58.6 Å². The molecule has 0 fully saturated rings. The highest BCUT2D eigenvalue weighted by Gasteiger charge is 2.20. The highest BCUT2D eigenvalue weighted by molar-refractivity contribution is 6.31. The van der Waals surface area contributed by atoms with Crippen LogP contribution >= 0.6 is 23.2 Å². The molecule has 0 saturated heterocycles. The van der Waals surface area contributed by atoms with E-state index in [1.54, 1.807) is 36.4 Å². The maximum absolute atomic E-state index is 12.1. The number of guanidine groups is 1. The molecule has 2 amide bonds. The molecule has 0 radical (unpaired) electrons. The molecule has 0 bridgehead atoms. The van der Waals surface area contributed by atoms with Crippen molar-refractivity contribution in [1.29, 1.82) is 0 Å². The van der Waals surface area contributed by atoms with Crippen LogP contribution < -0.4 is 15.5 Å². The van der Waals surface area contributed by atoms with E-state index in [0.29, 0.717) is 34.8 Å². The lowest BCUT2D eigenvalue weighted by Crippen LogP contribution is -2.43. The molecule has 1 aliphatic heterocycles. The first-order valence-electron chi connectivity index (χ1n) is 7.03. The molecule has 7 heteroatoms. The van der Waals surface area contributed by atoms with Crippen molar-refractivity contribution < 1.29 is 4.79 Å². The Morgan fingerprint density at radius 3 is 2.22 bits per heavy atom. The van der Waals surface area contributed by atoms with Gasteiger partial charge in [-0.05, 0) is 48.5 Å². The summed E-state index contributed by atoms with van der Waals surface area (Å²) in [5.74, 6) is 0.513. The average molecular weight is 349 g/mol. The number of hydrogen-bond donors (Lipinski definition) is 2. The second-order valence-electron chi connectivity index (χ2n) is 4.92. The van der Waals surface area contributed by atoms with Gasteiger partial charge in [0.1, 0.15) is 0 Å². The molecule has 2 aromatic carbocycles. The van der Waals surface area contributed by atoms with Gasteiger partial charge in [-0.25, -0.2) is 4.79 Å². The SMILES string of the molecule is O=C(NC1=NCCN1c1ccc(Cl)cc1)Nc1ccc(Cl)cc1. The summed E-state index contributed by atoms with van der Waals surface area (Å²) in [7, 11) is 0. The summed E-state index contributed by atoms with van der Waals surface area (Å²) in [4.78, 5) is 18.4. The van der Waals surface area contributed by atoms with Gasteiger partial charge in [0.2, 0.25) is 5.96 Å². The number of hydrogen-bond acceptors (Lipinski definition) is 3. The molecule has 3 rings (SSSR count). The third-order valence-corrected chi connectivity index (χ3v) is 3.81. The van der Waals surface area contributed by atoms with Crippen molar-refractivity contribution in [3.8, 4) is 0 Å². The Hall–Kier alpha value is -2.24. The second-order valence-corrected chi connectivity index (χ2v) is 5.79.